The molecule has 4 aliphatic carbocycles. The van der Waals surface area contributed by atoms with Crippen molar-refractivity contribution in [2.45, 2.75) is 49.4 Å². The van der Waals surface area contributed by atoms with Crippen LogP contribution in [0.3, 0.4) is 0 Å². The van der Waals surface area contributed by atoms with Gasteiger partial charge in [0.15, 0.2) is 0 Å². The Labute approximate surface area is 144 Å². The average molecular weight is 384 g/mol. The molecule has 0 aromatic rings. The molecule has 7 nitrogen and oxygen atoms in total. The van der Waals surface area contributed by atoms with E-state index in [-0.39, 0.29) is 19.1 Å². The molecule has 0 heterocycles. The molecule has 4 atom stereocenters. The second-order valence-electron chi connectivity index (χ2n) is 8.12. The summed E-state index contributed by atoms with van der Waals surface area (Å²) in [7, 11) is -4.31. The van der Waals surface area contributed by atoms with Crippen molar-refractivity contribution in [3.05, 3.63) is 0 Å². The van der Waals surface area contributed by atoms with Crippen LogP contribution in [-0.2, 0) is 24.4 Å². The number of esters is 1. The van der Waals surface area contributed by atoms with Gasteiger partial charge in [0.2, 0.25) is 0 Å². The van der Waals surface area contributed by atoms with E-state index in [0.29, 0.717) is 25.7 Å². The van der Waals surface area contributed by atoms with Gasteiger partial charge in [0.25, 0.3) is 0 Å². The summed E-state index contributed by atoms with van der Waals surface area (Å²) in [4.78, 5) is 11.5. The first-order valence-electron chi connectivity index (χ1n) is 8.09. The van der Waals surface area contributed by atoms with Crippen molar-refractivity contribution >= 4 is 16.1 Å². The average Bonchev–Trinajstić information content (AvgIpc) is 2.50. The van der Waals surface area contributed by atoms with Crippen molar-refractivity contribution in [3.8, 4) is 0 Å². The van der Waals surface area contributed by atoms with E-state index in [0.717, 1.165) is 12.8 Å². The summed E-state index contributed by atoms with van der Waals surface area (Å²) in [5.74, 6) is -2.06. The number of hydrogen-bond acceptors (Lipinski definition) is 6. The van der Waals surface area contributed by atoms with E-state index in [9.17, 15) is 27.1 Å². The van der Waals surface area contributed by atoms with Crippen molar-refractivity contribution in [1.29, 1.82) is 0 Å². The fourth-order valence-electron chi connectivity index (χ4n) is 5.72. The molecule has 0 aromatic carbocycles. The maximum atomic E-state index is 13.4. The van der Waals surface area contributed by atoms with Crippen LogP contribution in [0.25, 0.3) is 0 Å². The molecule has 0 radical (unpaired) electrons. The molecular weight excluding hydrogens is 362 g/mol. The van der Waals surface area contributed by atoms with Gasteiger partial charge in [-0.25, -0.2) is 4.79 Å². The largest absolute Gasteiger partial charge is 0.465 e. The van der Waals surface area contributed by atoms with Crippen LogP contribution in [-0.4, -0.2) is 55.2 Å². The van der Waals surface area contributed by atoms with E-state index in [1.807, 2.05) is 0 Å². The molecule has 2 N–H and O–H groups in total. The molecule has 4 fully saturated rings. The lowest BCUT2D eigenvalue weighted by Crippen LogP contribution is -2.63. The molecule has 4 saturated carbocycles. The normalized spacial score (nSPS) is 40.3. The molecule has 0 saturated heterocycles. The maximum absolute atomic E-state index is 13.4. The first kappa shape index (κ1) is 18.9. The summed E-state index contributed by atoms with van der Waals surface area (Å²) >= 11 is 0. The monoisotopic (exact) mass is 384 g/mol. The highest BCUT2D eigenvalue weighted by Gasteiger charge is 2.64. The van der Waals surface area contributed by atoms with Crippen LogP contribution in [0.4, 0.5) is 8.78 Å². The third-order valence-electron chi connectivity index (χ3n) is 6.09. The lowest BCUT2D eigenvalue weighted by Gasteiger charge is -2.65. The number of hydrogen-bond donors (Lipinski definition) is 2. The standard InChI is InChI=1S/C15H22F2O7S/c1-23-14-4-10-2-12(6-14,8-18)5-13(3-10,7-14)9-24-11(19)15(16,17)25(20,21)22/h10,18H,2-9H2,1H3,(H,20,21,22). The first-order valence-corrected chi connectivity index (χ1v) is 9.53. The lowest BCUT2D eigenvalue weighted by molar-refractivity contribution is -0.234. The van der Waals surface area contributed by atoms with Crippen LogP contribution in [0.15, 0.2) is 0 Å². The van der Waals surface area contributed by atoms with Crippen LogP contribution in [0.5, 0.6) is 0 Å². The number of rotatable bonds is 6. The second-order valence-corrected chi connectivity index (χ2v) is 9.58. The van der Waals surface area contributed by atoms with E-state index in [2.05, 4.69) is 4.74 Å². The van der Waals surface area contributed by atoms with E-state index in [1.54, 1.807) is 7.11 Å². The van der Waals surface area contributed by atoms with Crippen molar-refractivity contribution in [3.63, 3.8) is 0 Å². The summed E-state index contributed by atoms with van der Waals surface area (Å²) in [5, 5.41) is 4.88. The number of aliphatic hydroxyl groups excluding tert-OH is 1. The Morgan fingerprint density at radius 2 is 1.80 bits per heavy atom. The Kier molecular flexibility index (Phi) is 4.22. The molecule has 4 rings (SSSR count). The maximum Gasteiger partial charge on any atom is 0.465 e. The Balaban J connectivity index is 1.80. The predicted octanol–water partition coefficient (Wildman–Crippen LogP) is 1.36. The van der Waals surface area contributed by atoms with Crippen LogP contribution in [0.1, 0.15) is 38.5 Å². The van der Waals surface area contributed by atoms with Crippen molar-refractivity contribution < 1.29 is 41.1 Å². The van der Waals surface area contributed by atoms with Gasteiger partial charge in [0, 0.05) is 19.1 Å². The first-order chi connectivity index (χ1) is 11.4. The topological polar surface area (TPSA) is 110 Å². The van der Waals surface area contributed by atoms with Crippen LogP contribution < -0.4 is 0 Å². The minimum absolute atomic E-state index is 0.0640. The number of carbonyl (C=O) groups is 1. The highest BCUT2D eigenvalue weighted by Crippen LogP contribution is 2.67. The third-order valence-corrected chi connectivity index (χ3v) is 6.90. The molecule has 4 unspecified atom stereocenters. The Hall–Kier alpha value is -0.840. The molecule has 0 aliphatic heterocycles. The number of halogens is 2. The summed E-state index contributed by atoms with van der Waals surface area (Å²) in [6.45, 7) is -0.453. The van der Waals surface area contributed by atoms with Gasteiger partial charge in [-0.1, -0.05) is 0 Å². The minimum atomic E-state index is -5.89. The van der Waals surface area contributed by atoms with Gasteiger partial charge < -0.3 is 14.6 Å². The molecule has 25 heavy (non-hydrogen) atoms. The zero-order chi connectivity index (χ0) is 18.7. The van der Waals surface area contributed by atoms with E-state index in [4.69, 9.17) is 9.29 Å². The molecular formula is C15H22F2O7S. The van der Waals surface area contributed by atoms with Crippen LogP contribution >= 0.6 is 0 Å². The SMILES string of the molecule is COC12CC3CC(CO)(CC(COC(=O)C(F)(F)S(=O)(=O)O)(C3)C1)C2. The second kappa shape index (κ2) is 5.58. The van der Waals surface area contributed by atoms with E-state index >= 15 is 0 Å². The summed E-state index contributed by atoms with van der Waals surface area (Å²) in [6.07, 6.45) is 3.93. The molecule has 0 aromatic heterocycles. The lowest BCUT2D eigenvalue weighted by atomic mass is 9.43. The van der Waals surface area contributed by atoms with Crippen LogP contribution in [0, 0.1) is 16.7 Å². The Morgan fingerprint density at radius 1 is 1.20 bits per heavy atom. The van der Waals surface area contributed by atoms with Crippen molar-refractivity contribution in [1.82, 2.24) is 0 Å². The molecule has 4 aliphatic rings. The number of ether oxygens (including phenoxy) is 2. The van der Waals surface area contributed by atoms with Gasteiger partial charge in [0.05, 0.1) is 12.2 Å². The molecule has 0 spiro atoms. The number of methoxy groups -OCH3 is 1. The van der Waals surface area contributed by atoms with Crippen LogP contribution in [0.2, 0.25) is 0 Å². The molecule has 0 amide bonds. The zero-order valence-corrected chi connectivity index (χ0v) is 14.7. The summed E-state index contributed by atoms with van der Waals surface area (Å²) in [6, 6.07) is 0. The smallest absolute Gasteiger partial charge is 0.460 e. The van der Waals surface area contributed by atoms with Gasteiger partial charge in [-0.3, -0.25) is 4.55 Å². The van der Waals surface area contributed by atoms with Crippen molar-refractivity contribution in [2.75, 3.05) is 20.3 Å². The molecule has 144 valence electrons. The quantitative estimate of drug-likeness (QED) is 0.525. The highest BCUT2D eigenvalue weighted by molar-refractivity contribution is 7.87. The fraction of sp³-hybridized carbons (Fsp3) is 0.933. The third kappa shape index (κ3) is 2.96. The van der Waals surface area contributed by atoms with Gasteiger partial charge in [-0.05, 0) is 49.9 Å². The van der Waals surface area contributed by atoms with Gasteiger partial charge in [0.1, 0.15) is 0 Å². The molecule has 4 bridgehead atoms. The summed E-state index contributed by atoms with van der Waals surface area (Å²) < 4.78 is 66.9. The highest BCUT2D eigenvalue weighted by atomic mass is 32.2. The van der Waals surface area contributed by atoms with Gasteiger partial charge >= 0.3 is 21.3 Å². The number of aliphatic hydroxyl groups is 1. The van der Waals surface area contributed by atoms with E-state index < -0.39 is 37.8 Å². The van der Waals surface area contributed by atoms with Crippen molar-refractivity contribution in [2.24, 2.45) is 16.7 Å². The number of alkyl halides is 2. The van der Waals surface area contributed by atoms with Gasteiger partial charge in [-0.2, -0.15) is 17.2 Å². The molecule has 10 heteroatoms. The minimum Gasteiger partial charge on any atom is -0.460 e. The Bertz CT molecular complexity index is 657. The zero-order valence-electron chi connectivity index (χ0n) is 13.8. The van der Waals surface area contributed by atoms with E-state index in [1.165, 1.54) is 0 Å². The summed E-state index contributed by atoms with van der Waals surface area (Å²) in [5.41, 5.74) is -1.52. The van der Waals surface area contributed by atoms with Gasteiger partial charge in [-0.15, -0.1) is 0 Å². The Morgan fingerprint density at radius 3 is 2.36 bits per heavy atom. The fourth-order valence-corrected chi connectivity index (χ4v) is 5.99. The predicted molar refractivity (Wildman–Crippen MR) is 80.3 cm³/mol. The number of carbonyl (C=O) groups excluding carboxylic acids is 1.